The van der Waals surface area contributed by atoms with E-state index in [4.69, 9.17) is 7.85 Å². The molecule has 0 aromatic carbocycles. The van der Waals surface area contributed by atoms with Crippen LogP contribution >= 0.6 is 0 Å². The van der Waals surface area contributed by atoms with E-state index >= 15 is 0 Å². The van der Waals surface area contributed by atoms with Crippen molar-refractivity contribution in [3.05, 3.63) is 24.5 Å². The first-order chi connectivity index (χ1) is 5.36. The predicted molar refractivity (Wildman–Crippen MR) is 42.7 cm³/mol. The third-order valence-electron chi connectivity index (χ3n) is 1.34. The summed E-state index contributed by atoms with van der Waals surface area (Å²) in [5.74, 6) is 0. The summed E-state index contributed by atoms with van der Waals surface area (Å²) in [6.07, 6.45) is 3.18. The molecule has 0 saturated heterocycles. The molecule has 0 bridgehead atoms. The second kappa shape index (κ2) is 2.30. The molecule has 0 atom stereocenters. The number of pyridine rings is 1. The zero-order valence-corrected chi connectivity index (χ0v) is 5.73. The van der Waals surface area contributed by atoms with Crippen molar-refractivity contribution in [3.63, 3.8) is 0 Å². The minimum atomic E-state index is 0.399. The lowest BCUT2D eigenvalue weighted by molar-refractivity contribution is 1.26. The minimum Gasteiger partial charge on any atom is -0.252 e. The van der Waals surface area contributed by atoms with Crippen molar-refractivity contribution < 1.29 is 0 Å². The smallest absolute Gasteiger partial charge is 0.177 e. The summed E-state index contributed by atoms with van der Waals surface area (Å²) >= 11 is 0. The Morgan fingerprint density at radius 3 is 3.09 bits per heavy atom. The van der Waals surface area contributed by atoms with E-state index in [1.807, 2.05) is 12.1 Å². The highest BCUT2D eigenvalue weighted by Crippen LogP contribution is 1.99. The van der Waals surface area contributed by atoms with Crippen LogP contribution < -0.4 is 5.59 Å². The quantitative estimate of drug-likeness (QED) is 0.477. The molecular formula is C7H4BN3. The van der Waals surface area contributed by atoms with Crippen molar-refractivity contribution in [2.75, 3.05) is 0 Å². The molecule has 2 aromatic heterocycles. The highest BCUT2D eigenvalue weighted by molar-refractivity contribution is 6.30. The van der Waals surface area contributed by atoms with Gasteiger partial charge in [0.25, 0.3) is 0 Å². The molecule has 11 heavy (non-hydrogen) atoms. The van der Waals surface area contributed by atoms with Gasteiger partial charge in [0.1, 0.15) is 13.4 Å². The molecule has 0 aliphatic heterocycles. The number of hydrogen-bond acceptors (Lipinski definition) is 3. The Hall–Kier alpha value is -1.45. The van der Waals surface area contributed by atoms with Crippen LogP contribution in [0.5, 0.6) is 0 Å². The monoisotopic (exact) mass is 141 g/mol. The summed E-state index contributed by atoms with van der Waals surface area (Å²) in [6.45, 7) is 0. The van der Waals surface area contributed by atoms with Gasteiger partial charge in [-0.3, -0.25) is 4.98 Å². The van der Waals surface area contributed by atoms with Gasteiger partial charge in [-0.2, -0.15) is 0 Å². The first-order valence-electron chi connectivity index (χ1n) is 3.19. The molecule has 0 saturated carbocycles. The van der Waals surface area contributed by atoms with Gasteiger partial charge in [-0.05, 0) is 12.1 Å². The van der Waals surface area contributed by atoms with Crippen molar-refractivity contribution in [1.29, 1.82) is 0 Å². The van der Waals surface area contributed by atoms with Crippen LogP contribution in [0.3, 0.4) is 0 Å². The fourth-order valence-electron chi connectivity index (χ4n) is 0.862. The summed E-state index contributed by atoms with van der Waals surface area (Å²) in [5, 5.41) is 0. The van der Waals surface area contributed by atoms with Crippen molar-refractivity contribution in [3.8, 4) is 0 Å². The molecule has 50 valence electrons. The van der Waals surface area contributed by atoms with E-state index in [-0.39, 0.29) is 0 Å². The molecule has 2 aromatic rings. The lowest BCUT2D eigenvalue weighted by Gasteiger charge is -1.94. The normalized spacial score (nSPS) is 10.2. The lowest BCUT2D eigenvalue weighted by atomic mass is 10.1. The van der Waals surface area contributed by atoms with Gasteiger partial charge in [0.15, 0.2) is 5.65 Å². The Morgan fingerprint density at radius 1 is 1.27 bits per heavy atom. The van der Waals surface area contributed by atoms with Crippen LogP contribution in [0.25, 0.3) is 11.2 Å². The van der Waals surface area contributed by atoms with Gasteiger partial charge in [-0.1, -0.05) is 0 Å². The van der Waals surface area contributed by atoms with E-state index in [0.717, 1.165) is 5.52 Å². The topological polar surface area (TPSA) is 38.7 Å². The van der Waals surface area contributed by atoms with Crippen molar-refractivity contribution in [1.82, 2.24) is 15.0 Å². The third kappa shape index (κ3) is 1.07. The van der Waals surface area contributed by atoms with E-state index in [0.29, 0.717) is 11.2 Å². The average Bonchev–Trinajstić information content (AvgIpc) is 2.04. The Bertz CT molecular complexity index is 388. The molecule has 0 N–H and O–H groups in total. The number of nitrogens with zero attached hydrogens (tertiary/aromatic N) is 3. The van der Waals surface area contributed by atoms with E-state index < -0.39 is 0 Å². The van der Waals surface area contributed by atoms with E-state index in [9.17, 15) is 0 Å². The van der Waals surface area contributed by atoms with Crippen molar-refractivity contribution >= 4 is 24.6 Å². The lowest BCUT2D eigenvalue weighted by Crippen LogP contribution is -2.09. The Balaban J connectivity index is 2.83. The van der Waals surface area contributed by atoms with Crippen molar-refractivity contribution in [2.24, 2.45) is 0 Å². The van der Waals surface area contributed by atoms with Gasteiger partial charge in [0.05, 0.1) is 0 Å². The van der Waals surface area contributed by atoms with E-state index in [2.05, 4.69) is 15.0 Å². The van der Waals surface area contributed by atoms with Gasteiger partial charge in [-0.15, -0.1) is 0 Å². The number of fused-ring (bicyclic) bond motifs is 1. The largest absolute Gasteiger partial charge is 0.252 e. The third-order valence-corrected chi connectivity index (χ3v) is 1.34. The van der Waals surface area contributed by atoms with Crippen LogP contribution in [-0.2, 0) is 0 Å². The molecule has 4 heteroatoms. The Labute approximate surface area is 64.9 Å². The first kappa shape index (κ1) is 6.28. The highest BCUT2D eigenvalue weighted by Gasteiger charge is 1.93. The van der Waals surface area contributed by atoms with Gasteiger partial charge < -0.3 is 0 Å². The van der Waals surface area contributed by atoms with Crippen LogP contribution in [0.15, 0.2) is 24.5 Å². The van der Waals surface area contributed by atoms with Crippen LogP contribution in [-0.4, -0.2) is 22.8 Å². The predicted octanol–water partition coefficient (Wildman–Crippen LogP) is -0.181. The zero-order chi connectivity index (χ0) is 7.68. The van der Waals surface area contributed by atoms with Crippen LogP contribution in [0, 0.1) is 0 Å². The number of aromatic nitrogens is 3. The SMILES string of the molecule is [B]c1cnc2cccnc2n1. The van der Waals surface area contributed by atoms with Gasteiger partial charge in [0.2, 0.25) is 0 Å². The zero-order valence-electron chi connectivity index (χ0n) is 5.73. The standard InChI is InChI=1S/C7H4BN3/c8-6-4-10-5-2-1-3-9-7(5)11-6/h1-4H. The van der Waals surface area contributed by atoms with Crippen LogP contribution in [0.2, 0.25) is 0 Å². The molecule has 0 amide bonds. The van der Waals surface area contributed by atoms with E-state index in [1.165, 1.54) is 6.20 Å². The second-order valence-corrected chi connectivity index (χ2v) is 2.14. The summed E-state index contributed by atoms with van der Waals surface area (Å²) in [5.41, 5.74) is 1.76. The molecule has 2 rings (SSSR count). The minimum absolute atomic E-state index is 0.399. The molecule has 2 heterocycles. The maximum Gasteiger partial charge on any atom is 0.177 e. The summed E-state index contributed by atoms with van der Waals surface area (Å²) in [6, 6.07) is 3.65. The van der Waals surface area contributed by atoms with Gasteiger partial charge in [0, 0.05) is 18.0 Å². The average molecular weight is 141 g/mol. The molecule has 0 spiro atoms. The summed E-state index contributed by atoms with van der Waals surface area (Å²) in [7, 11) is 5.41. The maximum atomic E-state index is 5.41. The Morgan fingerprint density at radius 2 is 2.18 bits per heavy atom. The fourth-order valence-corrected chi connectivity index (χ4v) is 0.862. The molecular weight excluding hydrogens is 137 g/mol. The molecule has 0 aliphatic carbocycles. The number of rotatable bonds is 0. The number of hydrogen-bond donors (Lipinski definition) is 0. The highest BCUT2D eigenvalue weighted by atomic mass is 14.9. The van der Waals surface area contributed by atoms with Gasteiger partial charge in [-0.25, -0.2) is 9.97 Å². The molecule has 0 unspecified atom stereocenters. The first-order valence-corrected chi connectivity index (χ1v) is 3.19. The van der Waals surface area contributed by atoms with Crippen LogP contribution in [0.4, 0.5) is 0 Å². The van der Waals surface area contributed by atoms with Crippen LogP contribution in [0.1, 0.15) is 0 Å². The summed E-state index contributed by atoms with van der Waals surface area (Å²) < 4.78 is 0. The second-order valence-electron chi connectivity index (χ2n) is 2.14. The Kier molecular flexibility index (Phi) is 1.32. The van der Waals surface area contributed by atoms with Crippen molar-refractivity contribution in [2.45, 2.75) is 0 Å². The fraction of sp³-hybridized carbons (Fsp3) is 0. The molecule has 0 aliphatic rings. The summed E-state index contributed by atoms with van der Waals surface area (Å²) in [4.78, 5) is 12.0. The van der Waals surface area contributed by atoms with Gasteiger partial charge >= 0.3 is 0 Å². The van der Waals surface area contributed by atoms with E-state index in [1.54, 1.807) is 6.20 Å². The molecule has 2 radical (unpaired) electrons. The maximum absolute atomic E-state index is 5.41. The molecule has 0 fully saturated rings. The molecule has 3 nitrogen and oxygen atoms in total.